The van der Waals surface area contributed by atoms with E-state index in [-0.39, 0.29) is 0 Å². The monoisotopic (exact) mass is 307 g/mol. The largest absolute Gasteiger partial charge is 0.346 e. The van der Waals surface area contributed by atoms with E-state index in [9.17, 15) is 18.0 Å². The Morgan fingerprint density at radius 2 is 1.82 bits per heavy atom. The average molecular weight is 308 g/mol. The van der Waals surface area contributed by atoms with Gasteiger partial charge in [0.25, 0.3) is 5.91 Å². The van der Waals surface area contributed by atoms with Crippen molar-refractivity contribution < 1.29 is 18.0 Å². The molecule has 0 saturated heterocycles. The van der Waals surface area contributed by atoms with Gasteiger partial charge in [0.15, 0.2) is 0 Å². The fourth-order valence-electron chi connectivity index (χ4n) is 1.51. The van der Waals surface area contributed by atoms with Crippen molar-refractivity contribution in [1.82, 2.24) is 5.32 Å². The molecular weight excluding hydrogens is 299 g/mol. The second kappa shape index (κ2) is 4.33. The van der Waals surface area contributed by atoms with Crippen LogP contribution in [-0.2, 0) is 0 Å². The number of benzene rings is 1. The standard InChI is InChI=1S/C11H9BrF3NO/c12-5-11(1-2-11)16-10(17)9-7(14)3-6(13)4-8(9)15/h3-4H,1-2,5H2,(H,16,17). The maximum absolute atomic E-state index is 13.3. The van der Waals surface area contributed by atoms with Crippen molar-refractivity contribution in [3.63, 3.8) is 0 Å². The number of carbonyl (C=O) groups is 1. The van der Waals surface area contributed by atoms with E-state index in [4.69, 9.17) is 0 Å². The lowest BCUT2D eigenvalue weighted by atomic mass is 10.1. The molecule has 6 heteroatoms. The van der Waals surface area contributed by atoms with Crippen LogP contribution in [0.2, 0.25) is 0 Å². The Balaban J connectivity index is 2.25. The Bertz CT molecular complexity index is 451. The zero-order chi connectivity index (χ0) is 12.6. The van der Waals surface area contributed by atoms with Gasteiger partial charge in [-0.3, -0.25) is 4.79 Å². The van der Waals surface area contributed by atoms with E-state index < -0.39 is 34.5 Å². The summed E-state index contributed by atoms with van der Waals surface area (Å²) in [5.74, 6) is -4.27. The molecule has 2 nitrogen and oxygen atoms in total. The van der Waals surface area contributed by atoms with E-state index >= 15 is 0 Å². The van der Waals surface area contributed by atoms with Crippen LogP contribution in [0.15, 0.2) is 12.1 Å². The Hall–Kier alpha value is -1.04. The summed E-state index contributed by atoms with van der Waals surface area (Å²) in [6, 6.07) is 0.984. The Morgan fingerprint density at radius 1 is 1.29 bits per heavy atom. The molecule has 1 aliphatic rings. The van der Waals surface area contributed by atoms with Gasteiger partial charge < -0.3 is 5.32 Å². The number of alkyl halides is 1. The van der Waals surface area contributed by atoms with Crippen molar-refractivity contribution in [1.29, 1.82) is 0 Å². The first-order valence-electron chi connectivity index (χ1n) is 5.00. The predicted octanol–water partition coefficient (Wildman–Crippen LogP) is 2.76. The molecule has 0 aliphatic heterocycles. The first-order chi connectivity index (χ1) is 7.97. The summed E-state index contributed by atoms with van der Waals surface area (Å²) in [6.07, 6.45) is 1.52. The molecule has 92 valence electrons. The van der Waals surface area contributed by atoms with Gasteiger partial charge in [-0.1, -0.05) is 15.9 Å². The number of carbonyl (C=O) groups excluding carboxylic acids is 1. The zero-order valence-corrected chi connectivity index (χ0v) is 10.3. The van der Waals surface area contributed by atoms with Gasteiger partial charge in [0.1, 0.15) is 23.0 Å². The third-order valence-corrected chi connectivity index (χ3v) is 3.80. The summed E-state index contributed by atoms with van der Waals surface area (Å²) in [4.78, 5) is 11.7. The van der Waals surface area contributed by atoms with Crippen LogP contribution < -0.4 is 5.32 Å². The molecule has 1 aromatic carbocycles. The number of hydrogen-bond acceptors (Lipinski definition) is 1. The first kappa shape index (κ1) is 12.4. The zero-order valence-electron chi connectivity index (χ0n) is 8.70. The van der Waals surface area contributed by atoms with Gasteiger partial charge in [0, 0.05) is 17.5 Å². The number of nitrogens with one attached hydrogen (secondary N) is 1. The van der Waals surface area contributed by atoms with Crippen LogP contribution in [0.5, 0.6) is 0 Å². The van der Waals surface area contributed by atoms with Crippen molar-refractivity contribution in [2.75, 3.05) is 5.33 Å². The molecule has 0 radical (unpaired) electrons. The molecule has 1 amide bonds. The molecule has 0 aromatic heterocycles. The second-order valence-corrected chi connectivity index (χ2v) is 4.67. The molecule has 2 rings (SSSR count). The lowest BCUT2D eigenvalue weighted by Crippen LogP contribution is -2.39. The summed E-state index contributed by atoms with van der Waals surface area (Å²) < 4.78 is 39.3. The molecule has 0 unspecified atom stereocenters. The van der Waals surface area contributed by atoms with Crippen LogP contribution in [0.1, 0.15) is 23.2 Å². The molecular formula is C11H9BrF3NO. The van der Waals surface area contributed by atoms with E-state index in [0.717, 1.165) is 12.8 Å². The van der Waals surface area contributed by atoms with Gasteiger partial charge in [0.05, 0.1) is 5.54 Å². The molecule has 0 spiro atoms. The number of hydrogen-bond donors (Lipinski definition) is 1. The van der Waals surface area contributed by atoms with E-state index in [2.05, 4.69) is 21.2 Å². The summed E-state index contributed by atoms with van der Waals surface area (Å²) in [5.41, 5.74) is -1.15. The Kier molecular flexibility index (Phi) is 3.16. The summed E-state index contributed by atoms with van der Waals surface area (Å²) >= 11 is 3.22. The third-order valence-electron chi connectivity index (χ3n) is 2.72. The minimum absolute atomic E-state index is 0.412. The molecule has 0 heterocycles. The molecule has 17 heavy (non-hydrogen) atoms. The SMILES string of the molecule is O=C(NC1(CBr)CC1)c1c(F)cc(F)cc1F. The average Bonchev–Trinajstić information content (AvgIpc) is 2.96. The van der Waals surface area contributed by atoms with Crippen LogP contribution in [-0.4, -0.2) is 16.8 Å². The lowest BCUT2D eigenvalue weighted by molar-refractivity contribution is 0.0928. The minimum atomic E-state index is -1.19. The van der Waals surface area contributed by atoms with E-state index in [0.29, 0.717) is 17.5 Å². The van der Waals surface area contributed by atoms with Crippen molar-refractivity contribution in [3.05, 3.63) is 35.1 Å². The van der Waals surface area contributed by atoms with Gasteiger partial charge in [-0.25, -0.2) is 13.2 Å². The third kappa shape index (κ3) is 2.46. The quantitative estimate of drug-likeness (QED) is 0.855. The lowest BCUT2D eigenvalue weighted by Gasteiger charge is -2.14. The number of rotatable bonds is 3. The van der Waals surface area contributed by atoms with Gasteiger partial charge >= 0.3 is 0 Å². The minimum Gasteiger partial charge on any atom is -0.346 e. The van der Waals surface area contributed by atoms with E-state index in [1.54, 1.807) is 0 Å². The highest BCUT2D eigenvalue weighted by molar-refractivity contribution is 9.09. The summed E-state index contributed by atoms with van der Waals surface area (Å²) in [6.45, 7) is 0. The second-order valence-electron chi connectivity index (χ2n) is 4.11. The molecule has 1 fully saturated rings. The molecule has 0 bridgehead atoms. The Morgan fingerprint density at radius 3 is 2.24 bits per heavy atom. The predicted molar refractivity (Wildman–Crippen MR) is 59.5 cm³/mol. The van der Waals surface area contributed by atoms with Gasteiger partial charge in [0.2, 0.25) is 0 Å². The molecule has 1 aliphatic carbocycles. The molecule has 1 N–H and O–H groups in total. The molecule has 0 atom stereocenters. The summed E-state index contributed by atoms with van der Waals surface area (Å²) in [5, 5.41) is 3.07. The maximum Gasteiger partial charge on any atom is 0.257 e. The first-order valence-corrected chi connectivity index (χ1v) is 6.13. The fraction of sp³-hybridized carbons (Fsp3) is 0.364. The van der Waals surface area contributed by atoms with Crippen molar-refractivity contribution in [2.24, 2.45) is 0 Å². The topological polar surface area (TPSA) is 29.1 Å². The van der Waals surface area contributed by atoms with Crippen LogP contribution in [0.3, 0.4) is 0 Å². The summed E-state index contributed by atoms with van der Waals surface area (Å²) in [7, 11) is 0. The van der Waals surface area contributed by atoms with Crippen LogP contribution in [0, 0.1) is 17.5 Å². The Labute approximate surface area is 104 Å². The van der Waals surface area contributed by atoms with Crippen LogP contribution in [0.4, 0.5) is 13.2 Å². The highest BCUT2D eigenvalue weighted by atomic mass is 79.9. The fourth-order valence-corrected chi connectivity index (χ4v) is 2.21. The maximum atomic E-state index is 13.3. The number of amides is 1. The highest BCUT2D eigenvalue weighted by Gasteiger charge is 2.43. The van der Waals surface area contributed by atoms with Gasteiger partial charge in [-0.2, -0.15) is 0 Å². The normalized spacial score (nSPS) is 16.7. The van der Waals surface area contributed by atoms with Crippen molar-refractivity contribution in [3.8, 4) is 0 Å². The van der Waals surface area contributed by atoms with Gasteiger partial charge in [-0.15, -0.1) is 0 Å². The smallest absolute Gasteiger partial charge is 0.257 e. The van der Waals surface area contributed by atoms with E-state index in [1.807, 2.05) is 0 Å². The van der Waals surface area contributed by atoms with Crippen LogP contribution in [0.25, 0.3) is 0 Å². The van der Waals surface area contributed by atoms with Gasteiger partial charge in [-0.05, 0) is 12.8 Å². The number of halogens is 4. The molecule has 1 aromatic rings. The van der Waals surface area contributed by atoms with Crippen molar-refractivity contribution >= 4 is 21.8 Å². The molecule has 1 saturated carbocycles. The van der Waals surface area contributed by atoms with Crippen LogP contribution >= 0.6 is 15.9 Å². The van der Waals surface area contributed by atoms with E-state index in [1.165, 1.54) is 0 Å². The van der Waals surface area contributed by atoms with Crippen molar-refractivity contribution in [2.45, 2.75) is 18.4 Å². The highest BCUT2D eigenvalue weighted by Crippen LogP contribution is 2.37.